The van der Waals surface area contributed by atoms with Crippen LogP contribution in [-0.2, 0) is 0 Å². The number of nitrogens with one attached hydrogen (secondary N) is 1. The molecule has 0 bridgehead atoms. The van der Waals surface area contributed by atoms with E-state index in [-0.39, 0.29) is 10.7 Å². The van der Waals surface area contributed by atoms with E-state index in [1.807, 2.05) is 5.38 Å². The molecule has 8 heteroatoms. The van der Waals surface area contributed by atoms with Gasteiger partial charge in [0.05, 0.1) is 0 Å². The van der Waals surface area contributed by atoms with Gasteiger partial charge in [0.2, 0.25) is 5.82 Å². The zero-order valence-electron chi connectivity index (χ0n) is 12.3. The summed E-state index contributed by atoms with van der Waals surface area (Å²) in [5.74, 6) is 1.51. The highest BCUT2D eigenvalue weighted by atomic mass is 32.1. The monoisotopic (exact) mass is 321 g/mol. The van der Waals surface area contributed by atoms with E-state index in [2.05, 4.69) is 15.2 Å². The molecule has 118 valence electrons. The van der Waals surface area contributed by atoms with Crippen LogP contribution in [0.15, 0.2) is 11.6 Å². The van der Waals surface area contributed by atoms with Gasteiger partial charge in [-0.15, -0.1) is 0 Å². The Labute approximate surface area is 132 Å². The summed E-state index contributed by atoms with van der Waals surface area (Å²) in [5, 5.41) is 16.9. The maximum Gasteiger partial charge on any atom is 0.373 e. The average molecular weight is 321 g/mol. The van der Waals surface area contributed by atoms with Crippen LogP contribution in [0.25, 0.3) is 4.96 Å². The van der Waals surface area contributed by atoms with Crippen LogP contribution < -0.4 is 10.2 Å². The lowest BCUT2D eigenvalue weighted by molar-refractivity contribution is -0.389. The molecule has 1 N–H and O–H groups in total. The molecule has 1 saturated heterocycles. The SMILES string of the molecule is O=[N+]([O-])c1c(N2CCC(NCC3CC3)CC2)nc2sccn12. The van der Waals surface area contributed by atoms with Crippen molar-refractivity contribution in [1.29, 1.82) is 0 Å². The normalized spacial score (nSPS) is 19.9. The lowest BCUT2D eigenvalue weighted by atomic mass is 10.0. The van der Waals surface area contributed by atoms with Crippen molar-refractivity contribution in [2.75, 3.05) is 24.5 Å². The summed E-state index contributed by atoms with van der Waals surface area (Å²) in [5.41, 5.74) is 0. The molecular formula is C14H19N5O2S. The van der Waals surface area contributed by atoms with E-state index in [1.165, 1.54) is 24.2 Å². The molecule has 1 saturated carbocycles. The summed E-state index contributed by atoms with van der Waals surface area (Å²) >= 11 is 1.43. The highest BCUT2D eigenvalue weighted by Crippen LogP contribution is 2.33. The molecule has 3 heterocycles. The standard InChI is InChI=1S/C14H19N5O2S/c20-19(21)13-12(16-14-18(13)7-8-22-14)17-5-3-11(4-6-17)15-9-10-1-2-10/h7-8,10-11,15H,1-6,9H2. The number of aromatic nitrogens is 2. The highest BCUT2D eigenvalue weighted by Gasteiger charge is 2.31. The number of fused-ring (bicyclic) bond motifs is 1. The fourth-order valence-corrected chi connectivity index (χ4v) is 3.80. The lowest BCUT2D eigenvalue weighted by Crippen LogP contribution is -2.43. The van der Waals surface area contributed by atoms with Gasteiger partial charge in [-0.2, -0.15) is 9.38 Å². The minimum absolute atomic E-state index is 0.0978. The number of thiazole rings is 1. The number of nitrogens with zero attached hydrogens (tertiary/aromatic N) is 4. The third-order valence-corrected chi connectivity index (χ3v) is 5.34. The van der Waals surface area contributed by atoms with Crippen molar-refractivity contribution in [2.24, 2.45) is 5.92 Å². The van der Waals surface area contributed by atoms with Gasteiger partial charge >= 0.3 is 5.82 Å². The van der Waals surface area contributed by atoms with Crippen LogP contribution in [0.5, 0.6) is 0 Å². The van der Waals surface area contributed by atoms with Gasteiger partial charge in [-0.05, 0) is 43.1 Å². The van der Waals surface area contributed by atoms with Crippen molar-refractivity contribution in [3.05, 3.63) is 21.7 Å². The molecule has 0 amide bonds. The lowest BCUT2D eigenvalue weighted by Gasteiger charge is -2.32. The zero-order valence-corrected chi connectivity index (χ0v) is 13.1. The fraction of sp³-hybridized carbons (Fsp3) is 0.643. The van der Waals surface area contributed by atoms with E-state index in [1.54, 1.807) is 10.6 Å². The Hall–Kier alpha value is -1.67. The third-order valence-electron chi connectivity index (χ3n) is 4.58. The molecule has 2 aliphatic rings. The topological polar surface area (TPSA) is 75.7 Å². The largest absolute Gasteiger partial charge is 0.373 e. The van der Waals surface area contributed by atoms with Gasteiger partial charge in [-0.25, -0.2) is 0 Å². The molecule has 0 unspecified atom stereocenters. The molecule has 7 nitrogen and oxygen atoms in total. The van der Waals surface area contributed by atoms with Crippen LogP contribution >= 0.6 is 11.3 Å². The predicted octanol–water partition coefficient (Wildman–Crippen LogP) is 2.27. The summed E-state index contributed by atoms with van der Waals surface area (Å²) in [6, 6.07) is 0.541. The molecule has 0 radical (unpaired) electrons. The van der Waals surface area contributed by atoms with Gasteiger partial charge in [0.1, 0.15) is 6.20 Å². The molecule has 4 rings (SSSR count). The second-order valence-corrected chi connectivity index (χ2v) is 7.06. The number of rotatable bonds is 5. The summed E-state index contributed by atoms with van der Waals surface area (Å²) < 4.78 is 1.58. The van der Waals surface area contributed by atoms with E-state index >= 15 is 0 Å². The first kappa shape index (κ1) is 14.0. The number of hydrogen-bond acceptors (Lipinski definition) is 6. The maximum atomic E-state index is 11.4. The molecule has 2 aromatic heterocycles. The second kappa shape index (κ2) is 5.51. The summed E-state index contributed by atoms with van der Waals surface area (Å²) in [6.45, 7) is 2.78. The molecule has 1 aliphatic carbocycles. The van der Waals surface area contributed by atoms with Gasteiger partial charge in [-0.3, -0.25) is 0 Å². The van der Waals surface area contributed by atoms with Gasteiger partial charge in [0.25, 0.3) is 4.96 Å². The minimum atomic E-state index is -0.320. The zero-order chi connectivity index (χ0) is 15.1. The molecule has 2 fully saturated rings. The number of hydrogen-bond donors (Lipinski definition) is 1. The quantitative estimate of drug-likeness (QED) is 0.675. The second-order valence-electron chi connectivity index (χ2n) is 6.18. The van der Waals surface area contributed by atoms with Crippen LogP contribution in [0.2, 0.25) is 0 Å². The Morgan fingerprint density at radius 1 is 1.36 bits per heavy atom. The van der Waals surface area contributed by atoms with Gasteiger partial charge in [-0.1, -0.05) is 11.3 Å². The molecule has 0 spiro atoms. The van der Waals surface area contributed by atoms with Crippen LogP contribution in [0, 0.1) is 16.0 Å². The van der Waals surface area contributed by atoms with E-state index in [4.69, 9.17) is 0 Å². The Balaban J connectivity index is 1.47. The number of anilines is 1. The van der Waals surface area contributed by atoms with E-state index in [0.29, 0.717) is 16.8 Å². The van der Waals surface area contributed by atoms with Gasteiger partial charge in [0, 0.05) is 24.5 Å². The number of piperidine rings is 1. The van der Waals surface area contributed by atoms with Crippen LogP contribution in [0.3, 0.4) is 0 Å². The Bertz CT molecular complexity index is 685. The fourth-order valence-electron chi connectivity index (χ4n) is 3.09. The molecule has 1 aliphatic heterocycles. The van der Waals surface area contributed by atoms with E-state index in [9.17, 15) is 10.1 Å². The maximum absolute atomic E-state index is 11.4. The van der Waals surface area contributed by atoms with Gasteiger partial charge in [0.15, 0.2) is 0 Å². The molecule has 0 aromatic carbocycles. The minimum Gasteiger partial charge on any atom is -0.358 e. The Morgan fingerprint density at radius 2 is 2.14 bits per heavy atom. The number of nitro groups is 1. The Morgan fingerprint density at radius 3 is 2.82 bits per heavy atom. The summed E-state index contributed by atoms with van der Waals surface area (Å²) in [7, 11) is 0. The first-order chi connectivity index (χ1) is 10.7. The van der Waals surface area contributed by atoms with Crippen molar-refractivity contribution in [3.8, 4) is 0 Å². The van der Waals surface area contributed by atoms with Crippen molar-refractivity contribution in [3.63, 3.8) is 0 Å². The van der Waals surface area contributed by atoms with Crippen molar-refractivity contribution >= 4 is 27.9 Å². The average Bonchev–Trinajstić information content (AvgIpc) is 3.10. The first-order valence-corrected chi connectivity index (χ1v) is 8.68. The van der Waals surface area contributed by atoms with Crippen molar-refractivity contribution in [2.45, 2.75) is 31.7 Å². The molecule has 22 heavy (non-hydrogen) atoms. The highest BCUT2D eigenvalue weighted by molar-refractivity contribution is 7.15. The smallest absolute Gasteiger partial charge is 0.358 e. The van der Waals surface area contributed by atoms with Crippen LogP contribution in [-0.4, -0.2) is 40.0 Å². The van der Waals surface area contributed by atoms with E-state index < -0.39 is 0 Å². The van der Waals surface area contributed by atoms with Crippen molar-refractivity contribution in [1.82, 2.24) is 14.7 Å². The van der Waals surface area contributed by atoms with E-state index in [0.717, 1.165) is 38.4 Å². The first-order valence-electron chi connectivity index (χ1n) is 7.80. The van der Waals surface area contributed by atoms with Crippen molar-refractivity contribution < 1.29 is 4.92 Å². The molecule has 0 atom stereocenters. The van der Waals surface area contributed by atoms with Gasteiger partial charge < -0.3 is 20.3 Å². The summed E-state index contributed by atoms with van der Waals surface area (Å²) in [4.78, 5) is 18.3. The third kappa shape index (κ3) is 2.56. The number of imidazole rings is 1. The summed E-state index contributed by atoms with van der Waals surface area (Å²) in [6.07, 6.45) is 6.50. The Kier molecular flexibility index (Phi) is 3.50. The van der Waals surface area contributed by atoms with Crippen LogP contribution in [0.1, 0.15) is 25.7 Å². The molecule has 2 aromatic rings. The molecular weight excluding hydrogens is 302 g/mol. The predicted molar refractivity (Wildman–Crippen MR) is 85.7 cm³/mol. The van der Waals surface area contributed by atoms with Crippen LogP contribution in [0.4, 0.5) is 11.6 Å².